The minimum Gasteiger partial charge on any atom is -0.369 e. The summed E-state index contributed by atoms with van der Waals surface area (Å²) < 4.78 is 14.6. The molecule has 4 aliphatic heterocycles. The van der Waals surface area contributed by atoms with E-state index in [2.05, 4.69) is 26.5 Å². The summed E-state index contributed by atoms with van der Waals surface area (Å²) in [4.78, 5) is 54.7. The van der Waals surface area contributed by atoms with Crippen molar-refractivity contribution in [1.29, 1.82) is 0 Å². The molecule has 1 atom stereocenters. The molecule has 2 fully saturated rings. The Morgan fingerprint density at radius 2 is 1.78 bits per heavy atom. The number of piperazine rings is 1. The second kappa shape index (κ2) is 8.70. The predicted molar refractivity (Wildman–Crippen MR) is 128 cm³/mol. The maximum Gasteiger partial charge on any atom is 0.255 e. The first kappa shape index (κ1) is 22.7. The molecule has 4 heterocycles. The van der Waals surface area contributed by atoms with E-state index in [0.717, 1.165) is 41.9 Å². The Labute approximate surface area is 207 Å². The van der Waals surface area contributed by atoms with Crippen LogP contribution in [-0.4, -0.2) is 65.6 Å². The van der Waals surface area contributed by atoms with Crippen molar-refractivity contribution in [2.75, 3.05) is 31.1 Å². The van der Waals surface area contributed by atoms with Crippen molar-refractivity contribution in [1.82, 2.24) is 20.4 Å². The number of carbonyl (C=O) groups is 4. The Morgan fingerprint density at radius 1 is 0.972 bits per heavy atom. The van der Waals surface area contributed by atoms with Crippen LogP contribution in [0.1, 0.15) is 50.2 Å². The van der Waals surface area contributed by atoms with Crippen LogP contribution in [0.25, 0.3) is 0 Å². The molecule has 2 N–H and O–H groups in total. The SMILES string of the molecule is O=C1CCC(N2Cc3c(cc(F)cc3N3CCN(Cc4ccc5c(c4)CNC5=O)CC3)C2=O)C(=O)N1. The number of nitrogens with zero attached hydrogens (tertiary/aromatic N) is 3. The Hall–Kier alpha value is -3.79. The van der Waals surface area contributed by atoms with E-state index >= 15 is 0 Å². The summed E-state index contributed by atoms with van der Waals surface area (Å²) in [5, 5.41) is 5.14. The van der Waals surface area contributed by atoms with E-state index in [-0.39, 0.29) is 37.1 Å². The highest BCUT2D eigenvalue weighted by Gasteiger charge is 2.41. The van der Waals surface area contributed by atoms with Gasteiger partial charge in [-0.2, -0.15) is 0 Å². The normalized spacial score (nSPS) is 22.0. The third-order valence-electron chi connectivity index (χ3n) is 7.57. The molecule has 4 aliphatic rings. The quantitative estimate of drug-likeness (QED) is 0.623. The summed E-state index contributed by atoms with van der Waals surface area (Å²) in [6.45, 7) is 4.43. The van der Waals surface area contributed by atoms with E-state index in [9.17, 15) is 23.6 Å². The molecule has 1 unspecified atom stereocenters. The number of halogens is 1. The number of imide groups is 1. The Bertz CT molecular complexity index is 1300. The van der Waals surface area contributed by atoms with Gasteiger partial charge < -0.3 is 15.1 Å². The van der Waals surface area contributed by atoms with Gasteiger partial charge in [-0.25, -0.2) is 4.39 Å². The van der Waals surface area contributed by atoms with E-state index in [4.69, 9.17) is 0 Å². The largest absolute Gasteiger partial charge is 0.369 e. The first-order chi connectivity index (χ1) is 17.4. The number of hydrogen-bond acceptors (Lipinski definition) is 6. The van der Waals surface area contributed by atoms with E-state index in [1.54, 1.807) is 0 Å². The van der Waals surface area contributed by atoms with Gasteiger partial charge in [0.1, 0.15) is 11.9 Å². The van der Waals surface area contributed by atoms with E-state index in [1.165, 1.54) is 17.0 Å². The molecule has 2 saturated heterocycles. The van der Waals surface area contributed by atoms with E-state index in [1.807, 2.05) is 12.1 Å². The number of hydrogen-bond donors (Lipinski definition) is 2. The highest BCUT2D eigenvalue weighted by molar-refractivity contribution is 6.06. The van der Waals surface area contributed by atoms with Crippen LogP contribution in [-0.2, 0) is 29.2 Å². The fourth-order valence-corrected chi connectivity index (χ4v) is 5.68. The average Bonchev–Trinajstić information content (AvgIpc) is 3.39. The number of nitrogens with one attached hydrogen (secondary N) is 2. The van der Waals surface area contributed by atoms with E-state index in [0.29, 0.717) is 30.9 Å². The van der Waals surface area contributed by atoms with Crippen molar-refractivity contribution in [2.24, 2.45) is 0 Å². The highest BCUT2D eigenvalue weighted by Crippen LogP contribution is 2.35. The molecule has 0 aromatic heterocycles. The molecule has 0 radical (unpaired) electrons. The zero-order valence-corrected chi connectivity index (χ0v) is 19.7. The van der Waals surface area contributed by atoms with Gasteiger partial charge in [-0.1, -0.05) is 12.1 Å². The van der Waals surface area contributed by atoms with Crippen LogP contribution in [0.5, 0.6) is 0 Å². The van der Waals surface area contributed by atoms with Crippen LogP contribution < -0.4 is 15.5 Å². The molecule has 4 amide bonds. The smallest absolute Gasteiger partial charge is 0.255 e. The maximum absolute atomic E-state index is 14.6. The van der Waals surface area contributed by atoms with Crippen LogP contribution in [0.4, 0.5) is 10.1 Å². The first-order valence-corrected chi connectivity index (χ1v) is 12.2. The van der Waals surface area contributed by atoms with Crippen LogP contribution in [0.3, 0.4) is 0 Å². The number of fused-ring (bicyclic) bond motifs is 2. The van der Waals surface area contributed by atoms with Crippen molar-refractivity contribution in [3.05, 3.63) is 64.0 Å². The zero-order chi connectivity index (χ0) is 25.0. The van der Waals surface area contributed by atoms with Crippen LogP contribution in [0, 0.1) is 5.82 Å². The lowest BCUT2D eigenvalue weighted by Crippen LogP contribution is -2.52. The Balaban J connectivity index is 1.15. The second-order valence-corrected chi connectivity index (χ2v) is 9.79. The second-order valence-electron chi connectivity index (χ2n) is 9.79. The fraction of sp³-hybridized carbons (Fsp3) is 0.385. The molecular weight excluding hydrogens is 465 g/mol. The number of rotatable bonds is 4. The van der Waals surface area contributed by atoms with Crippen molar-refractivity contribution in [3.8, 4) is 0 Å². The van der Waals surface area contributed by atoms with Gasteiger partial charge >= 0.3 is 0 Å². The Kier molecular flexibility index (Phi) is 5.48. The monoisotopic (exact) mass is 491 g/mol. The molecule has 2 aromatic carbocycles. The molecule has 0 spiro atoms. The number of anilines is 1. The van der Waals surface area contributed by atoms with Crippen LogP contribution >= 0.6 is 0 Å². The summed E-state index contributed by atoms with van der Waals surface area (Å²) in [6.07, 6.45) is 0.449. The van der Waals surface area contributed by atoms with Gasteiger partial charge in [0, 0.05) is 74.6 Å². The maximum atomic E-state index is 14.6. The molecule has 0 aliphatic carbocycles. The molecule has 10 heteroatoms. The number of piperidine rings is 1. The Morgan fingerprint density at radius 3 is 2.56 bits per heavy atom. The van der Waals surface area contributed by atoms with Crippen molar-refractivity contribution >= 4 is 29.3 Å². The fourth-order valence-electron chi connectivity index (χ4n) is 5.68. The lowest BCUT2D eigenvalue weighted by atomic mass is 10.0. The van der Waals surface area contributed by atoms with Crippen molar-refractivity contribution in [3.63, 3.8) is 0 Å². The van der Waals surface area contributed by atoms with Crippen LogP contribution in [0.2, 0.25) is 0 Å². The first-order valence-electron chi connectivity index (χ1n) is 12.2. The van der Waals surface area contributed by atoms with Gasteiger partial charge in [0.25, 0.3) is 11.8 Å². The molecule has 0 bridgehead atoms. The molecule has 0 saturated carbocycles. The van der Waals surface area contributed by atoms with Crippen molar-refractivity contribution < 1.29 is 23.6 Å². The minimum absolute atomic E-state index is 0.0255. The summed E-state index contributed by atoms with van der Waals surface area (Å²) >= 11 is 0. The summed E-state index contributed by atoms with van der Waals surface area (Å²) in [7, 11) is 0. The minimum atomic E-state index is -0.729. The lowest BCUT2D eigenvalue weighted by molar-refractivity contribution is -0.136. The average molecular weight is 492 g/mol. The van der Waals surface area contributed by atoms with Gasteiger partial charge in [-0.3, -0.25) is 29.4 Å². The highest BCUT2D eigenvalue weighted by atomic mass is 19.1. The third-order valence-corrected chi connectivity index (χ3v) is 7.57. The molecule has 186 valence electrons. The summed E-state index contributed by atoms with van der Waals surface area (Å²) in [5.41, 5.74) is 4.63. The summed E-state index contributed by atoms with van der Waals surface area (Å²) in [5.74, 6) is -1.69. The van der Waals surface area contributed by atoms with Gasteiger partial charge in [0.05, 0.1) is 0 Å². The van der Waals surface area contributed by atoms with Gasteiger partial charge in [-0.05, 0) is 35.7 Å². The topological polar surface area (TPSA) is 102 Å². The van der Waals surface area contributed by atoms with Gasteiger partial charge in [0.15, 0.2) is 0 Å². The van der Waals surface area contributed by atoms with Crippen molar-refractivity contribution in [2.45, 2.75) is 38.5 Å². The lowest BCUT2D eigenvalue weighted by Gasteiger charge is -2.37. The molecule has 2 aromatic rings. The third kappa shape index (κ3) is 3.91. The zero-order valence-electron chi connectivity index (χ0n) is 19.7. The van der Waals surface area contributed by atoms with Gasteiger partial charge in [-0.15, -0.1) is 0 Å². The van der Waals surface area contributed by atoms with Crippen LogP contribution in [0.15, 0.2) is 30.3 Å². The molecule has 6 rings (SSSR count). The number of benzene rings is 2. The predicted octanol–water partition coefficient (Wildman–Crippen LogP) is 1.15. The summed E-state index contributed by atoms with van der Waals surface area (Å²) in [6, 6.07) is 7.94. The molecule has 9 nitrogen and oxygen atoms in total. The standard InChI is InChI=1S/C26H26FN5O4/c27-17-10-19-20(14-32(26(19)36)21-3-4-23(33)29-25(21)35)22(11-17)31-7-5-30(6-8-31)13-15-1-2-18-16(9-15)12-28-24(18)34/h1-2,9-11,21H,3-8,12-14H2,(H,28,34)(H,29,33,35). The number of carbonyl (C=O) groups excluding carboxylic acids is 4. The van der Waals surface area contributed by atoms with E-state index < -0.39 is 17.8 Å². The molecular formula is C26H26FN5O4. The molecule has 36 heavy (non-hydrogen) atoms. The van der Waals surface area contributed by atoms with Gasteiger partial charge in [0.2, 0.25) is 11.8 Å². The number of amides is 4.